The van der Waals surface area contributed by atoms with Crippen LogP contribution in [0.2, 0.25) is 0 Å². The molecule has 0 saturated carbocycles. The van der Waals surface area contributed by atoms with Crippen LogP contribution in [0.4, 0.5) is 0 Å². The maximum Gasteiger partial charge on any atom is 0.184 e. The van der Waals surface area contributed by atoms with Crippen LogP contribution in [0.1, 0.15) is 5.56 Å². The first kappa shape index (κ1) is 11.3. The van der Waals surface area contributed by atoms with Gasteiger partial charge in [-0.15, -0.1) is 0 Å². The van der Waals surface area contributed by atoms with E-state index in [1.54, 1.807) is 6.21 Å². The molecular weight excluding hydrogens is 232 g/mol. The number of rotatable bonds is 3. The predicted octanol–water partition coefficient (Wildman–Crippen LogP) is 1.64. The maximum atomic E-state index is 5.27. The largest absolute Gasteiger partial charge is 0.375 e. The molecule has 2 aromatic rings. The number of thiocarbonyl (C=S) groups is 1. The second-order valence-electron chi connectivity index (χ2n) is 3.42. The summed E-state index contributed by atoms with van der Waals surface area (Å²) in [5, 5.41) is 4.07. The van der Waals surface area contributed by atoms with Gasteiger partial charge in [0.15, 0.2) is 5.11 Å². The maximum absolute atomic E-state index is 5.27. The van der Waals surface area contributed by atoms with Crippen molar-refractivity contribution in [2.24, 2.45) is 10.8 Å². The van der Waals surface area contributed by atoms with Crippen LogP contribution < -0.4 is 11.2 Å². The molecule has 0 saturated heterocycles. The third-order valence-corrected chi connectivity index (χ3v) is 2.25. The zero-order valence-electron chi connectivity index (χ0n) is 9.08. The summed E-state index contributed by atoms with van der Waals surface area (Å²) in [6.45, 7) is 0. The van der Waals surface area contributed by atoms with Crippen molar-refractivity contribution in [3.63, 3.8) is 0 Å². The first-order chi connectivity index (χ1) is 8.25. The summed E-state index contributed by atoms with van der Waals surface area (Å²) in [6, 6.07) is 11.9. The zero-order chi connectivity index (χ0) is 12.1. The normalized spacial score (nSPS) is 10.6. The number of nitrogens with zero attached hydrogens (tertiary/aromatic N) is 2. The zero-order valence-corrected chi connectivity index (χ0v) is 9.89. The summed E-state index contributed by atoms with van der Waals surface area (Å²) in [5.74, 6) is 0. The average molecular weight is 244 g/mol. The van der Waals surface area contributed by atoms with Crippen LogP contribution in [0, 0.1) is 0 Å². The third kappa shape index (κ3) is 3.15. The molecule has 0 amide bonds. The average Bonchev–Trinajstić information content (AvgIpc) is 2.82. The van der Waals surface area contributed by atoms with Crippen molar-refractivity contribution in [1.29, 1.82) is 0 Å². The smallest absolute Gasteiger partial charge is 0.184 e. The molecule has 1 aromatic heterocycles. The van der Waals surface area contributed by atoms with Crippen molar-refractivity contribution < 1.29 is 0 Å². The van der Waals surface area contributed by atoms with E-state index >= 15 is 0 Å². The molecule has 0 unspecified atom stereocenters. The van der Waals surface area contributed by atoms with Gasteiger partial charge in [0, 0.05) is 18.1 Å². The molecule has 0 spiro atoms. The van der Waals surface area contributed by atoms with Crippen molar-refractivity contribution >= 4 is 23.5 Å². The topological polar surface area (TPSA) is 55.3 Å². The molecule has 0 aliphatic heterocycles. The Bertz CT molecular complexity index is 531. The lowest BCUT2D eigenvalue weighted by molar-refractivity contribution is 1.04. The molecule has 0 fully saturated rings. The van der Waals surface area contributed by atoms with E-state index in [-0.39, 0.29) is 5.11 Å². The van der Waals surface area contributed by atoms with Crippen molar-refractivity contribution in [2.75, 3.05) is 0 Å². The number of nitrogens with one attached hydrogen (secondary N) is 1. The molecule has 4 nitrogen and oxygen atoms in total. The van der Waals surface area contributed by atoms with Crippen LogP contribution in [0.25, 0.3) is 5.69 Å². The number of nitrogens with two attached hydrogens (primary N) is 1. The quantitative estimate of drug-likeness (QED) is 0.490. The van der Waals surface area contributed by atoms with Crippen molar-refractivity contribution in [3.8, 4) is 5.69 Å². The lowest BCUT2D eigenvalue weighted by atomic mass is 10.2. The van der Waals surface area contributed by atoms with Crippen LogP contribution in [0.5, 0.6) is 0 Å². The van der Waals surface area contributed by atoms with Crippen LogP contribution in [0.3, 0.4) is 0 Å². The molecular formula is C12H12N4S. The highest BCUT2D eigenvalue weighted by Gasteiger charge is 1.95. The third-order valence-electron chi connectivity index (χ3n) is 2.16. The number of benzene rings is 1. The first-order valence-electron chi connectivity index (χ1n) is 5.07. The monoisotopic (exact) mass is 244 g/mol. The molecule has 0 aliphatic rings. The van der Waals surface area contributed by atoms with E-state index < -0.39 is 0 Å². The molecule has 0 radical (unpaired) electrons. The molecule has 0 bridgehead atoms. The van der Waals surface area contributed by atoms with Gasteiger partial charge in [-0.3, -0.25) is 5.43 Å². The fourth-order valence-electron chi connectivity index (χ4n) is 1.44. The van der Waals surface area contributed by atoms with Crippen LogP contribution in [-0.4, -0.2) is 15.9 Å². The highest BCUT2D eigenvalue weighted by atomic mass is 32.1. The van der Waals surface area contributed by atoms with Gasteiger partial charge in [0.1, 0.15) is 0 Å². The lowest BCUT2D eigenvalue weighted by Gasteiger charge is -2.03. The van der Waals surface area contributed by atoms with E-state index in [9.17, 15) is 0 Å². The number of hydrogen-bond donors (Lipinski definition) is 2. The standard InChI is InChI=1S/C12H12N4S/c13-12(17)15-14-9-10-4-3-5-11(8-10)16-6-1-2-7-16/h1-9H,(H3,13,15,17). The molecule has 1 heterocycles. The van der Waals surface area contributed by atoms with Gasteiger partial charge in [0.25, 0.3) is 0 Å². The Morgan fingerprint density at radius 2 is 2.06 bits per heavy atom. The summed E-state index contributed by atoms with van der Waals surface area (Å²) < 4.78 is 2.03. The van der Waals surface area contributed by atoms with Gasteiger partial charge < -0.3 is 10.3 Å². The Morgan fingerprint density at radius 3 is 2.76 bits per heavy atom. The van der Waals surface area contributed by atoms with E-state index in [2.05, 4.69) is 22.7 Å². The van der Waals surface area contributed by atoms with Crippen molar-refractivity contribution in [1.82, 2.24) is 9.99 Å². The molecule has 2 rings (SSSR count). The van der Waals surface area contributed by atoms with E-state index in [0.717, 1.165) is 11.3 Å². The van der Waals surface area contributed by atoms with Crippen LogP contribution in [-0.2, 0) is 0 Å². The summed E-state index contributed by atoms with van der Waals surface area (Å²) in [6.07, 6.45) is 5.65. The second-order valence-corrected chi connectivity index (χ2v) is 3.86. The molecule has 0 atom stereocenters. The van der Waals surface area contributed by atoms with Crippen molar-refractivity contribution in [2.45, 2.75) is 0 Å². The number of aromatic nitrogens is 1. The van der Waals surface area contributed by atoms with Crippen molar-refractivity contribution in [3.05, 3.63) is 54.4 Å². The molecule has 5 heteroatoms. The molecule has 17 heavy (non-hydrogen) atoms. The van der Waals surface area contributed by atoms with Gasteiger partial charge in [-0.1, -0.05) is 12.1 Å². The Balaban J connectivity index is 2.17. The molecule has 86 valence electrons. The highest BCUT2D eigenvalue weighted by molar-refractivity contribution is 7.80. The van der Waals surface area contributed by atoms with Gasteiger partial charge in [0.2, 0.25) is 0 Å². The Labute approximate surface area is 105 Å². The van der Waals surface area contributed by atoms with E-state index in [0.29, 0.717) is 0 Å². The number of hydrogen-bond acceptors (Lipinski definition) is 2. The van der Waals surface area contributed by atoms with Gasteiger partial charge >= 0.3 is 0 Å². The lowest BCUT2D eigenvalue weighted by Crippen LogP contribution is -2.23. The Morgan fingerprint density at radius 1 is 1.29 bits per heavy atom. The van der Waals surface area contributed by atoms with Crippen LogP contribution in [0.15, 0.2) is 53.9 Å². The Hall–Kier alpha value is -2.14. The number of hydrazone groups is 1. The van der Waals surface area contributed by atoms with E-state index in [1.165, 1.54) is 0 Å². The fraction of sp³-hybridized carbons (Fsp3) is 0. The summed E-state index contributed by atoms with van der Waals surface area (Å²) in [5.41, 5.74) is 9.84. The van der Waals surface area contributed by atoms with Gasteiger partial charge in [-0.2, -0.15) is 5.10 Å². The summed E-state index contributed by atoms with van der Waals surface area (Å²) >= 11 is 4.65. The Kier molecular flexibility index (Phi) is 3.52. The first-order valence-corrected chi connectivity index (χ1v) is 5.48. The molecule has 1 aromatic carbocycles. The van der Waals surface area contributed by atoms with Gasteiger partial charge in [-0.25, -0.2) is 0 Å². The molecule has 0 aliphatic carbocycles. The van der Waals surface area contributed by atoms with Crippen LogP contribution >= 0.6 is 12.2 Å². The minimum Gasteiger partial charge on any atom is -0.375 e. The predicted molar refractivity (Wildman–Crippen MR) is 73.3 cm³/mol. The summed E-state index contributed by atoms with van der Waals surface area (Å²) in [7, 11) is 0. The molecule has 3 N–H and O–H groups in total. The van der Waals surface area contributed by atoms with Gasteiger partial charge in [0.05, 0.1) is 6.21 Å². The summed E-state index contributed by atoms with van der Waals surface area (Å²) in [4.78, 5) is 0. The fourth-order valence-corrected chi connectivity index (χ4v) is 1.50. The van der Waals surface area contributed by atoms with Gasteiger partial charge in [-0.05, 0) is 42.0 Å². The van der Waals surface area contributed by atoms with E-state index in [4.69, 9.17) is 5.73 Å². The second kappa shape index (κ2) is 5.27. The minimum atomic E-state index is 0.155. The SMILES string of the molecule is NC(=S)NN=Cc1cccc(-n2cccc2)c1. The minimum absolute atomic E-state index is 0.155. The highest BCUT2D eigenvalue weighted by Crippen LogP contribution is 2.09. The van der Waals surface area contributed by atoms with E-state index in [1.807, 2.05) is 53.4 Å².